The lowest BCUT2D eigenvalue weighted by Gasteiger charge is -2.33. The van der Waals surface area contributed by atoms with Crippen molar-refractivity contribution in [3.8, 4) is 0 Å². The number of hydrogen-bond acceptors (Lipinski definition) is 9. The van der Waals surface area contributed by atoms with E-state index in [9.17, 15) is 0 Å². The third-order valence-corrected chi connectivity index (χ3v) is 3.97. The average molecular weight is 332 g/mol. The van der Waals surface area contributed by atoms with Gasteiger partial charge in [0.1, 0.15) is 5.82 Å². The quantitative estimate of drug-likeness (QED) is 0.819. The predicted octanol–water partition coefficient (Wildman–Crippen LogP) is 0.134. The molecule has 9 nitrogen and oxygen atoms in total. The summed E-state index contributed by atoms with van der Waals surface area (Å²) in [5, 5.41) is 3.93. The highest BCUT2D eigenvalue weighted by Crippen LogP contribution is 2.12. The van der Waals surface area contributed by atoms with Crippen molar-refractivity contribution >= 4 is 11.9 Å². The minimum absolute atomic E-state index is 0.267. The van der Waals surface area contributed by atoms with E-state index in [0.717, 1.165) is 44.2 Å². The fraction of sp³-hybridized carbons (Fsp3) is 0.600. The zero-order valence-electron chi connectivity index (χ0n) is 14.4. The summed E-state index contributed by atoms with van der Waals surface area (Å²) < 4.78 is 5.29. The molecule has 1 fully saturated rings. The van der Waals surface area contributed by atoms with Gasteiger partial charge in [-0.15, -0.1) is 0 Å². The first-order chi connectivity index (χ1) is 11.5. The van der Waals surface area contributed by atoms with Crippen molar-refractivity contribution in [2.75, 3.05) is 50.9 Å². The molecule has 0 aromatic carbocycles. The van der Waals surface area contributed by atoms with Gasteiger partial charge in [-0.2, -0.15) is 15.0 Å². The molecule has 9 heteroatoms. The summed E-state index contributed by atoms with van der Waals surface area (Å²) in [6.07, 6.45) is 0. The number of anilines is 2. The van der Waals surface area contributed by atoms with E-state index in [1.807, 2.05) is 32.0 Å². The van der Waals surface area contributed by atoms with Gasteiger partial charge in [0.05, 0.1) is 18.8 Å². The minimum Gasteiger partial charge on any atom is -0.368 e. The monoisotopic (exact) mass is 332 g/mol. The van der Waals surface area contributed by atoms with Crippen LogP contribution in [0.15, 0.2) is 10.6 Å². The van der Waals surface area contributed by atoms with Crippen molar-refractivity contribution in [1.82, 2.24) is 29.9 Å². The van der Waals surface area contributed by atoms with E-state index in [1.54, 1.807) is 0 Å². The van der Waals surface area contributed by atoms with Gasteiger partial charge in [0.25, 0.3) is 0 Å². The lowest BCUT2D eigenvalue weighted by atomic mass is 10.3. The highest BCUT2D eigenvalue weighted by atomic mass is 16.5. The van der Waals surface area contributed by atoms with Crippen LogP contribution in [0, 0.1) is 6.92 Å². The summed E-state index contributed by atoms with van der Waals surface area (Å²) in [4.78, 5) is 19.4. The molecule has 3 heterocycles. The van der Waals surface area contributed by atoms with Gasteiger partial charge < -0.3 is 15.2 Å². The molecule has 3 rings (SSSR count). The van der Waals surface area contributed by atoms with Crippen molar-refractivity contribution in [3.63, 3.8) is 0 Å². The van der Waals surface area contributed by atoms with E-state index >= 15 is 0 Å². The van der Waals surface area contributed by atoms with Gasteiger partial charge in [-0.05, 0) is 6.92 Å². The second kappa shape index (κ2) is 7.10. The van der Waals surface area contributed by atoms with Gasteiger partial charge in [-0.1, -0.05) is 5.16 Å². The lowest BCUT2D eigenvalue weighted by molar-refractivity contribution is 0.112. The molecule has 2 aromatic rings. The molecule has 0 atom stereocenters. The number of nitrogens with zero attached hydrogens (tertiary/aromatic N) is 7. The summed E-state index contributed by atoms with van der Waals surface area (Å²) in [6, 6.07) is 1.99. The van der Waals surface area contributed by atoms with Crippen molar-refractivity contribution in [2.24, 2.45) is 0 Å². The number of aryl methyl sites for hydroxylation is 1. The highest BCUT2D eigenvalue weighted by molar-refractivity contribution is 5.32. The molecule has 24 heavy (non-hydrogen) atoms. The van der Waals surface area contributed by atoms with E-state index in [4.69, 9.17) is 10.3 Å². The highest BCUT2D eigenvalue weighted by Gasteiger charge is 2.19. The van der Waals surface area contributed by atoms with Gasteiger partial charge >= 0.3 is 0 Å². The second-order valence-corrected chi connectivity index (χ2v) is 6.29. The zero-order valence-corrected chi connectivity index (χ0v) is 14.4. The number of hydrogen-bond donors (Lipinski definition) is 1. The Morgan fingerprint density at radius 3 is 2.33 bits per heavy atom. The Labute approximate surface area is 141 Å². The van der Waals surface area contributed by atoms with Crippen LogP contribution >= 0.6 is 0 Å². The van der Waals surface area contributed by atoms with Crippen LogP contribution in [-0.4, -0.2) is 70.2 Å². The van der Waals surface area contributed by atoms with E-state index in [1.165, 1.54) is 0 Å². The molecule has 1 saturated heterocycles. The van der Waals surface area contributed by atoms with E-state index < -0.39 is 0 Å². The van der Waals surface area contributed by atoms with Crippen molar-refractivity contribution in [1.29, 1.82) is 0 Å². The standard InChI is InChI=1S/C15H24N8O/c1-11-8-12(24-20-11)9-22-4-6-23(7-5-22)10-13-17-14(16)19-15(18-13)21(2)3/h8H,4-7,9-10H2,1-3H3,(H2,16,17,18,19). The smallest absolute Gasteiger partial charge is 0.229 e. The van der Waals surface area contributed by atoms with Gasteiger partial charge in [0.15, 0.2) is 5.76 Å². The normalized spacial score (nSPS) is 16.5. The third kappa shape index (κ3) is 4.18. The molecular formula is C15H24N8O. The molecule has 0 bridgehead atoms. The Morgan fingerprint density at radius 2 is 1.75 bits per heavy atom. The summed E-state index contributed by atoms with van der Waals surface area (Å²) in [5.41, 5.74) is 6.70. The van der Waals surface area contributed by atoms with Crippen LogP contribution in [0.2, 0.25) is 0 Å². The van der Waals surface area contributed by atoms with Gasteiger partial charge in [0, 0.05) is 46.3 Å². The van der Waals surface area contributed by atoms with Crippen molar-refractivity contribution in [2.45, 2.75) is 20.0 Å². The molecule has 0 saturated carbocycles. The Bertz CT molecular complexity index is 678. The largest absolute Gasteiger partial charge is 0.368 e. The van der Waals surface area contributed by atoms with Gasteiger partial charge in [-0.25, -0.2) is 0 Å². The summed E-state index contributed by atoms with van der Waals surface area (Å²) in [5.74, 6) is 2.49. The first-order valence-corrected chi connectivity index (χ1v) is 8.04. The molecular weight excluding hydrogens is 308 g/mol. The van der Waals surface area contributed by atoms with Crippen LogP contribution in [0.3, 0.4) is 0 Å². The Balaban J connectivity index is 1.53. The molecule has 1 aliphatic rings. The summed E-state index contributed by atoms with van der Waals surface area (Å²) in [6.45, 7) is 7.28. The number of nitrogen functional groups attached to an aromatic ring is 1. The van der Waals surface area contributed by atoms with Crippen LogP contribution in [-0.2, 0) is 13.1 Å². The molecule has 2 aromatic heterocycles. The number of nitrogens with two attached hydrogens (primary N) is 1. The van der Waals surface area contributed by atoms with E-state index in [-0.39, 0.29) is 5.95 Å². The Hall–Kier alpha value is -2.26. The van der Waals surface area contributed by atoms with Crippen LogP contribution < -0.4 is 10.6 Å². The zero-order chi connectivity index (χ0) is 17.1. The van der Waals surface area contributed by atoms with E-state index in [0.29, 0.717) is 18.3 Å². The van der Waals surface area contributed by atoms with Crippen molar-refractivity contribution < 1.29 is 4.52 Å². The fourth-order valence-electron chi connectivity index (χ4n) is 2.71. The number of rotatable bonds is 5. The predicted molar refractivity (Wildman–Crippen MR) is 90.4 cm³/mol. The first-order valence-electron chi connectivity index (χ1n) is 8.04. The Morgan fingerprint density at radius 1 is 1.08 bits per heavy atom. The minimum atomic E-state index is 0.267. The average Bonchev–Trinajstić information content (AvgIpc) is 2.94. The molecule has 1 aliphatic heterocycles. The SMILES string of the molecule is Cc1cc(CN2CCN(Cc3nc(N)nc(N(C)C)n3)CC2)on1. The van der Waals surface area contributed by atoms with E-state index in [2.05, 4.69) is 29.9 Å². The number of aromatic nitrogens is 4. The Kier molecular flexibility index (Phi) is 4.91. The van der Waals surface area contributed by atoms with Crippen LogP contribution in [0.25, 0.3) is 0 Å². The summed E-state index contributed by atoms with van der Waals surface area (Å²) >= 11 is 0. The molecule has 130 valence electrons. The molecule has 0 unspecified atom stereocenters. The maximum absolute atomic E-state index is 5.78. The van der Waals surface area contributed by atoms with Gasteiger partial charge in [-0.3, -0.25) is 9.80 Å². The maximum atomic E-state index is 5.78. The van der Waals surface area contributed by atoms with Crippen LogP contribution in [0.5, 0.6) is 0 Å². The lowest BCUT2D eigenvalue weighted by Crippen LogP contribution is -2.45. The first kappa shape index (κ1) is 16.6. The molecule has 0 spiro atoms. The molecule has 2 N–H and O–H groups in total. The van der Waals surface area contributed by atoms with Crippen molar-refractivity contribution in [3.05, 3.63) is 23.3 Å². The van der Waals surface area contributed by atoms with Crippen LogP contribution in [0.4, 0.5) is 11.9 Å². The molecule has 0 amide bonds. The van der Waals surface area contributed by atoms with Crippen LogP contribution in [0.1, 0.15) is 17.3 Å². The second-order valence-electron chi connectivity index (χ2n) is 6.29. The third-order valence-electron chi connectivity index (χ3n) is 3.97. The van der Waals surface area contributed by atoms with Gasteiger partial charge in [0.2, 0.25) is 11.9 Å². The topological polar surface area (TPSA) is 100 Å². The fourth-order valence-corrected chi connectivity index (χ4v) is 2.71. The number of piperazine rings is 1. The summed E-state index contributed by atoms with van der Waals surface area (Å²) in [7, 11) is 3.78. The molecule has 0 aliphatic carbocycles. The maximum Gasteiger partial charge on any atom is 0.229 e. The molecule has 0 radical (unpaired) electrons.